The Balaban J connectivity index is 1.63. The summed E-state index contributed by atoms with van der Waals surface area (Å²) in [5, 5.41) is 16.9. The maximum atomic E-state index is 12.3. The van der Waals surface area contributed by atoms with Gasteiger partial charge in [0.25, 0.3) is 5.91 Å². The molecule has 1 aliphatic heterocycles. The fourth-order valence-electron chi connectivity index (χ4n) is 2.98. The van der Waals surface area contributed by atoms with E-state index in [2.05, 4.69) is 32.0 Å². The first-order chi connectivity index (χ1) is 11.3. The molecule has 2 aromatic heterocycles. The lowest BCUT2D eigenvalue weighted by molar-refractivity contribution is 0.0730. The molecule has 1 amide bonds. The maximum Gasteiger partial charge on any atom is 0.253 e. The number of hydrogen-bond acceptors (Lipinski definition) is 5. The van der Waals surface area contributed by atoms with Crippen LogP contribution >= 0.6 is 11.3 Å². The molecule has 1 aliphatic rings. The van der Waals surface area contributed by atoms with Gasteiger partial charge in [0.15, 0.2) is 0 Å². The van der Waals surface area contributed by atoms with Gasteiger partial charge in [0.1, 0.15) is 0 Å². The maximum absolute atomic E-state index is 12.3. The molecular formula is C17H21N3O2S. The van der Waals surface area contributed by atoms with Crippen molar-refractivity contribution in [3.8, 4) is 0 Å². The largest absolute Gasteiger partial charge is 0.396 e. The predicted molar refractivity (Wildman–Crippen MR) is 90.3 cm³/mol. The predicted octanol–water partition coefficient (Wildman–Crippen LogP) is 1.76. The fraction of sp³-hybridized carbons (Fsp3) is 0.412. The second-order valence-corrected chi connectivity index (χ2v) is 6.70. The Morgan fingerprint density at radius 1 is 1.48 bits per heavy atom. The van der Waals surface area contributed by atoms with E-state index in [1.807, 2.05) is 0 Å². The SMILES string of the molecule is O=C(N[C@@H]1CN(Cc2ccsc2)CC[C@@H]1CO)c1cccnc1. The standard InChI is InChI=1S/C17H21N3O2S/c21-11-15-3-6-20(9-13-4-7-23-12-13)10-16(15)19-17(22)14-2-1-5-18-8-14/h1-2,4-5,7-8,12,15-16,21H,3,6,9-11H2,(H,19,22)/t15-,16-/m1/s1. The van der Waals surface area contributed by atoms with Gasteiger partial charge < -0.3 is 10.4 Å². The van der Waals surface area contributed by atoms with Gasteiger partial charge in [-0.25, -0.2) is 0 Å². The molecule has 23 heavy (non-hydrogen) atoms. The molecule has 0 aromatic carbocycles. The third-order valence-electron chi connectivity index (χ3n) is 4.30. The molecule has 1 fully saturated rings. The number of aliphatic hydroxyl groups excluding tert-OH is 1. The number of piperidine rings is 1. The van der Waals surface area contributed by atoms with Crippen LogP contribution in [0, 0.1) is 5.92 Å². The van der Waals surface area contributed by atoms with Gasteiger partial charge in [-0.2, -0.15) is 11.3 Å². The highest BCUT2D eigenvalue weighted by Crippen LogP contribution is 2.20. The van der Waals surface area contributed by atoms with Gasteiger partial charge in [0.2, 0.25) is 0 Å². The van der Waals surface area contributed by atoms with Crippen LogP contribution in [0.2, 0.25) is 0 Å². The summed E-state index contributed by atoms with van der Waals surface area (Å²) in [5.41, 5.74) is 1.86. The third-order valence-corrected chi connectivity index (χ3v) is 5.03. The summed E-state index contributed by atoms with van der Waals surface area (Å²) >= 11 is 1.70. The minimum absolute atomic E-state index is 0.0416. The monoisotopic (exact) mass is 331 g/mol. The number of aromatic nitrogens is 1. The van der Waals surface area contributed by atoms with Crippen LogP contribution in [0.3, 0.4) is 0 Å². The van der Waals surface area contributed by atoms with Gasteiger partial charge in [-0.15, -0.1) is 0 Å². The zero-order valence-corrected chi connectivity index (χ0v) is 13.7. The van der Waals surface area contributed by atoms with Gasteiger partial charge in [-0.1, -0.05) is 0 Å². The summed E-state index contributed by atoms with van der Waals surface area (Å²) in [6.07, 6.45) is 4.10. The molecule has 0 saturated carbocycles. The summed E-state index contributed by atoms with van der Waals surface area (Å²) in [5.74, 6) is -0.0201. The molecule has 3 rings (SSSR count). The lowest BCUT2D eigenvalue weighted by Gasteiger charge is -2.38. The number of carbonyl (C=O) groups is 1. The number of hydrogen-bond donors (Lipinski definition) is 2. The van der Waals surface area contributed by atoms with Gasteiger partial charge in [0.05, 0.1) is 5.56 Å². The quantitative estimate of drug-likeness (QED) is 0.876. The van der Waals surface area contributed by atoms with Crippen molar-refractivity contribution in [2.75, 3.05) is 19.7 Å². The molecule has 2 N–H and O–H groups in total. The van der Waals surface area contributed by atoms with E-state index < -0.39 is 0 Å². The molecule has 0 radical (unpaired) electrons. The number of likely N-dealkylation sites (tertiary alicyclic amines) is 1. The highest BCUT2D eigenvalue weighted by molar-refractivity contribution is 7.07. The van der Waals surface area contributed by atoms with Crippen molar-refractivity contribution < 1.29 is 9.90 Å². The Morgan fingerprint density at radius 3 is 3.09 bits per heavy atom. The van der Waals surface area contributed by atoms with Crippen LogP contribution < -0.4 is 5.32 Å². The number of nitrogens with zero attached hydrogens (tertiary/aromatic N) is 2. The first-order valence-corrected chi connectivity index (χ1v) is 8.75. The zero-order valence-electron chi connectivity index (χ0n) is 12.9. The van der Waals surface area contributed by atoms with Crippen molar-refractivity contribution in [1.82, 2.24) is 15.2 Å². The number of nitrogens with one attached hydrogen (secondary N) is 1. The van der Waals surface area contributed by atoms with Crippen molar-refractivity contribution in [3.63, 3.8) is 0 Å². The van der Waals surface area contributed by atoms with Crippen LogP contribution in [0.25, 0.3) is 0 Å². The second kappa shape index (κ2) is 7.68. The Bertz CT molecular complexity index is 618. The highest BCUT2D eigenvalue weighted by Gasteiger charge is 2.30. The van der Waals surface area contributed by atoms with E-state index in [1.54, 1.807) is 35.9 Å². The first kappa shape index (κ1) is 16.1. The molecule has 3 heterocycles. The van der Waals surface area contributed by atoms with Crippen molar-refractivity contribution in [2.24, 2.45) is 5.92 Å². The summed E-state index contributed by atoms with van der Waals surface area (Å²) in [4.78, 5) is 18.7. The van der Waals surface area contributed by atoms with Crippen LogP contribution in [-0.2, 0) is 6.54 Å². The molecule has 6 heteroatoms. The van der Waals surface area contributed by atoms with E-state index in [0.717, 1.165) is 26.1 Å². The van der Waals surface area contributed by atoms with Gasteiger partial charge in [-0.05, 0) is 47.5 Å². The summed E-state index contributed by atoms with van der Waals surface area (Å²) in [6, 6.07) is 5.59. The van der Waals surface area contributed by atoms with Crippen LogP contribution in [-0.4, -0.2) is 46.6 Å². The second-order valence-electron chi connectivity index (χ2n) is 5.92. The van der Waals surface area contributed by atoms with E-state index in [0.29, 0.717) is 5.56 Å². The Morgan fingerprint density at radius 2 is 2.39 bits per heavy atom. The lowest BCUT2D eigenvalue weighted by Crippen LogP contribution is -2.53. The average Bonchev–Trinajstić information content (AvgIpc) is 3.09. The van der Waals surface area contributed by atoms with Crippen molar-refractivity contribution in [2.45, 2.75) is 19.0 Å². The Hall–Kier alpha value is -1.76. The summed E-state index contributed by atoms with van der Waals surface area (Å²) < 4.78 is 0. The zero-order chi connectivity index (χ0) is 16.1. The normalized spacial score (nSPS) is 22.0. The smallest absolute Gasteiger partial charge is 0.253 e. The molecule has 0 aliphatic carbocycles. The Labute approximate surface area is 140 Å². The molecule has 0 unspecified atom stereocenters. The number of amides is 1. The van der Waals surface area contributed by atoms with Crippen LogP contribution in [0.1, 0.15) is 22.3 Å². The minimum atomic E-state index is -0.126. The van der Waals surface area contributed by atoms with Crippen LogP contribution in [0.5, 0.6) is 0 Å². The van der Waals surface area contributed by atoms with E-state index in [1.165, 1.54) is 5.56 Å². The van der Waals surface area contributed by atoms with E-state index in [-0.39, 0.29) is 24.5 Å². The number of carbonyl (C=O) groups excluding carboxylic acids is 1. The van der Waals surface area contributed by atoms with Gasteiger partial charge in [0, 0.05) is 44.0 Å². The number of thiophene rings is 1. The van der Waals surface area contributed by atoms with E-state index in [9.17, 15) is 9.90 Å². The number of pyridine rings is 1. The topological polar surface area (TPSA) is 65.5 Å². The molecule has 5 nitrogen and oxygen atoms in total. The Kier molecular flexibility index (Phi) is 5.38. The third kappa shape index (κ3) is 4.16. The van der Waals surface area contributed by atoms with Crippen molar-refractivity contribution in [1.29, 1.82) is 0 Å². The molecular weight excluding hydrogens is 310 g/mol. The fourth-order valence-corrected chi connectivity index (χ4v) is 3.64. The van der Waals surface area contributed by atoms with Gasteiger partial charge in [-0.3, -0.25) is 14.7 Å². The van der Waals surface area contributed by atoms with Crippen LogP contribution in [0.15, 0.2) is 41.4 Å². The van der Waals surface area contributed by atoms with Gasteiger partial charge >= 0.3 is 0 Å². The molecule has 0 bridgehead atoms. The highest BCUT2D eigenvalue weighted by atomic mass is 32.1. The molecule has 0 spiro atoms. The van der Waals surface area contributed by atoms with E-state index >= 15 is 0 Å². The average molecular weight is 331 g/mol. The van der Waals surface area contributed by atoms with Crippen molar-refractivity contribution in [3.05, 3.63) is 52.5 Å². The minimum Gasteiger partial charge on any atom is -0.396 e. The lowest BCUT2D eigenvalue weighted by atomic mass is 9.91. The number of rotatable bonds is 5. The van der Waals surface area contributed by atoms with E-state index in [4.69, 9.17) is 0 Å². The van der Waals surface area contributed by atoms with Crippen LogP contribution in [0.4, 0.5) is 0 Å². The molecule has 122 valence electrons. The molecule has 2 aromatic rings. The summed E-state index contributed by atoms with van der Waals surface area (Å²) in [6.45, 7) is 2.69. The first-order valence-electron chi connectivity index (χ1n) is 7.81. The summed E-state index contributed by atoms with van der Waals surface area (Å²) in [7, 11) is 0. The van der Waals surface area contributed by atoms with Crippen molar-refractivity contribution >= 4 is 17.2 Å². The molecule has 1 saturated heterocycles. The number of aliphatic hydroxyl groups is 1. The molecule has 2 atom stereocenters.